The average molecular weight is 256 g/mol. The van der Waals surface area contributed by atoms with Crippen molar-refractivity contribution >= 4 is 11.6 Å². The van der Waals surface area contributed by atoms with Gasteiger partial charge in [-0.3, -0.25) is 0 Å². The van der Waals surface area contributed by atoms with Crippen molar-refractivity contribution in [3.8, 4) is 0 Å². The summed E-state index contributed by atoms with van der Waals surface area (Å²) in [6.45, 7) is 14.5. The largest absolute Gasteiger partial charge is 0.301 e. The van der Waals surface area contributed by atoms with Gasteiger partial charge in [-0.2, -0.15) is 0 Å². The summed E-state index contributed by atoms with van der Waals surface area (Å²) in [5.41, 5.74) is 0.740. The second-order valence-corrected chi connectivity index (χ2v) is 6.93. The number of halogens is 1. The van der Waals surface area contributed by atoms with Crippen molar-refractivity contribution in [2.24, 2.45) is 16.7 Å². The zero-order valence-electron chi connectivity index (χ0n) is 11.6. The summed E-state index contributed by atoms with van der Waals surface area (Å²) >= 11 is 6.14. The van der Waals surface area contributed by atoms with Gasteiger partial charge in [0.05, 0.1) is 0 Å². The molecule has 0 amide bonds. The number of hydrogen-bond donors (Lipinski definition) is 0. The fourth-order valence-corrected chi connectivity index (χ4v) is 3.06. The quantitative estimate of drug-likeness (QED) is 0.824. The lowest BCUT2D eigenvalue weighted by Crippen LogP contribution is -2.10. The predicted molar refractivity (Wildman–Crippen MR) is 70.2 cm³/mol. The van der Waals surface area contributed by atoms with Crippen LogP contribution < -0.4 is 0 Å². The van der Waals surface area contributed by atoms with Gasteiger partial charge in [0.2, 0.25) is 5.28 Å². The number of aromatic nitrogens is 3. The van der Waals surface area contributed by atoms with E-state index in [0.717, 1.165) is 12.4 Å². The normalized spacial score (nSPS) is 22.1. The molecule has 96 valence electrons. The zero-order chi connectivity index (χ0) is 13.0. The van der Waals surface area contributed by atoms with Crippen LogP contribution in [-0.2, 0) is 6.54 Å². The summed E-state index contributed by atoms with van der Waals surface area (Å²) < 4.78 is 2.08. The van der Waals surface area contributed by atoms with Crippen LogP contribution >= 0.6 is 11.6 Å². The van der Waals surface area contributed by atoms with Crippen molar-refractivity contribution in [2.45, 2.75) is 54.0 Å². The Labute approximate surface area is 109 Å². The van der Waals surface area contributed by atoms with Gasteiger partial charge in [0.1, 0.15) is 5.82 Å². The van der Waals surface area contributed by atoms with E-state index in [1.54, 1.807) is 0 Å². The second kappa shape index (κ2) is 3.71. The number of nitrogens with zero attached hydrogens (tertiary/aromatic N) is 3. The predicted octanol–water partition coefficient (Wildman–Crippen LogP) is 3.74. The molecule has 1 aromatic heterocycles. The van der Waals surface area contributed by atoms with Gasteiger partial charge in [0.15, 0.2) is 0 Å². The van der Waals surface area contributed by atoms with E-state index in [2.05, 4.69) is 56.3 Å². The molecule has 1 heterocycles. The summed E-state index contributed by atoms with van der Waals surface area (Å²) in [6.07, 6.45) is 0. The highest BCUT2D eigenvalue weighted by molar-refractivity contribution is 6.28. The maximum atomic E-state index is 6.14. The first-order valence-electron chi connectivity index (χ1n) is 6.28. The Hall–Kier alpha value is -0.570. The van der Waals surface area contributed by atoms with E-state index in [1.807, 2.05) is 0 Å². The molecule has 0 aliphatic heterocycles. The fourth-order valence-electron chi connectivity index (χ4n) is 2.86. The molecule has 0 radical (unpaired) electrons. The van der Waals surface area contributed by atoms with Crippen LogP contribution in [0.5, 0.6) is 0 Å². The molecule has 4 heteroatoms. The summed E-state index contributed by atoms with van der Waals surface area (Å²) in [6, 6.07) is 0. The zero-order valence-corrected chi connectivity index (χ0v) is 12.3. The van der Waals surface area contributed by atoms with E-state index in [4.69, 9.17) is 11.6 Å². The first-order chi connectivity index (χ1) is 7.69. The van der Waals surface area contributed by atoms with Crippen LogP contribution in [0.25, 0.3) is 0 Å². The summed E-state index contributed by atoms with van der Waals surface area (Å²) in [5, 5.41) is 8.69. The first kappa shape index (κ1) is 12.9. The van der Waals surface area contributed by atoms with E-state index in [9.17, 15) is 0 Å². The monoisotopic (exact) mass is 255 g/mol. The molecule has 2 rings (SSSR count). The van der Waals surface area contributed by atoms with Crippen molar-refractivity contribution in [3.05, 3.63) is 11.1 Å². The van der Waals surface area contributed by atoms with Crippen molar-refractivity contribution in [3.63, 3.8) is 0 Å². The van der Waals surface area contributed by atoms with Gasteiger partial charge in [0.25, 0.3) is 0 Å². The van der Waals surface area contributed by atoms with Crippen LogP contribution in [0.1, 0.15) is 53.3 Å². The third-order valence-corrected chi connectivity index (χ3v) is 5.22. The SMILES string of the molecule is CC(C)c1nnc(Cl)n1CC1C(C)(C)C1(C)C. The third kappa shape index (κ3) is 1.79. The van der Waals surface area contributed by atoms with Crippen molar-refractivity contribution < 1.29 is 0 Å². The van der Waals surface area contributed by atoms with E-state index in [-0.39, 0.29) is 0 Å². The molecular weight excluding hydrogens is 234 g/mol. The fraction of sp³-hybridized carbons (Fsp3) is 0.846. The molecule has 0 spiro atoms. The first-order valence-corrected chi connectivity index (χ1v) is 6.66. The van der Waals surface area contributed by atoms with Crippen LogP contribution in [0, 0.1) is 16.7 Å². The Morgan fingerprint density at radius 3 is 2.12 bits per heavy atom. The molecule has 0 aromatic carbocycles. The lowest BCUT2D eigenvalue weighted by molar-refractivity contribution is 0.457. The van der Waals surface area contributed by atoms with Crippen molar-refractivity contribution in [1.29, 1.82) is 0 Å². The van der Waals surface area contributed by atoms with Crippen LogP contribution in [0.15, 0.2) is 0 Å². The number of hydrogen-bond acceptors (Lipinski definition) is 2. The van der Waals surface area contributed by atoms with Crippen molar-refractivity contribution in [1.82, 2.24) is 14.8 Å². The van der Waals surface area contributed by atoms with E-state index in [1.165, 1.54) is 0 Å². The summed E-state index contributed by atoms with van der Waals surface area (Å²) in [5.74, 6) is 1.99. The number of rotatable bonds is 3. The minimum absolute atomic E-state index is 0.361. The lowest BCUT2D eigenvalue weighted by atomic mass is 10.0. The van der Waals surface area contributed by atoms with Gasteiger partial charge in [-0.15, -0.1) is 10.2 Å². The minimum atomic E-state index is 0.361. The standard InChI is InChI=1S/C13H22ClN3/c1-8(2)10-15-16-11(14)17(10)7-9-12(3,4)13(9,5)6/h8-9H,7H2,1-6H3. The van der Waals surface area contributed by atoms with Crippen LogP contribution in [-0.4, -0.2) is 14.8 Å². The Morgan fingerprint density at radius 2 is 1.71 bits per heavy atom. The smallest absolute Gasteiger partial charge is 0.225 e. The molecule has 0 atom stereocenters. The Bertz CT molecular complexity index is 418. The van der Waals surface area contributed by atoms with Gasteiger partial charge in [-0.05, 0) is 28.3 Å². The minimum Gasteiger partial charge on any atom is -0.301 e. The molecule has 0 unspecified atom stereocenters. The second-order valence-electron chi connectivity index (χ2n) is 6.59. The van der Waals surface area contributed by atoms with Gasteiger partial charge < -0.3 is 4.57 Å². The van der Waals surface area contributed by atoms with Crippen LogP contribution in [0.3, 0.4) is 0 Å². The highest BCUT2D eigenvalue weighted by atomic mass is 35.5. The Morgan fingerprint density at radius 1 is 1.18 bits per heavy atom. The molecule has 1 fully saturated rings. The third-order valence-electron chi connectivity index (χ3n) is 4.94. The van der Waals surface area contributed by atoms with E-state index >= 15 is 0 Å². The topological polar surface area (TPSA) is 30.7 Å². The highest BCUT2D eigenvalue weighted by Gasteiger charge is 2.64. The van der Waals surface area contributed by atoms with E-state index in [0.29, 0.717) is 27.9 Å². The molecule has 1 aromatic rings. The maximum Gasteiger partial charge on any atom is 0.225 e. The molecule has 1 saturated carbocycles. The molecular formula is C13H22ClN3. The van der Waals surface area contributed by atoms with Crippen molar-refractivity contribution in [2.75, 3.05) is 0 Å². The van der Waals surface area contributed by atoms with Gasteiger partial charge >= 0.3 is 0 Å². The summed E-state index contributed by atoms with van der Waals surface area (Å²) in [7, 11) is 0. The lowest BCUT2D eigenvalue weighted by Gasteiger charge is -2.11. The van der Waals surface area contributed by atoms with Gasteiger partial charge in [-0.25, -0.2) is 0 Å². The van der Waals surface area contributed by atoms with Gasteiger partial charge in [-0.1, -0.05) is 41.5 Å². The summed E-state index contributed by atoms with van der Waals surface area (Å²) in [4.78, 5) is 0. The van der Waals surface area contributed by atoms with E-state index < -0.39 is 0 Å². The maximum absolute atomic E-state index is 6.14. The van der Waals surface area contributed by atoms with Gasteiger partial charge in [0, 0.05) is 12.5 Å². The molecule has 17 heavy (non-hydrogen) atoms. The molecule has 3 nitrogen and oxygen atoms in total. The van der Waals surface area contributed by atoms with Crippen LogP contribution in [0.2, 0.25) is 5.28 Å². The Kier molecular flexibility index (Phi) is 2.81. The molecule has 0 N–H and O–H groups in total. The Balaban J connectivity index is 2.24. The molecule has 0 saturated heterocycles. The van der Waals surface area contributed by atoms with Crippen LogP contribution in [0.4, 0.5) is 0 Å². The molecule has 0 bridgehead atoms. The average Bonchev–Trinajstić information content (AvgIpc) is 2.51. The molecule has 1 aliphatic rings. The molecule has 1 aliphatic carbocycles. The highest BCUT2D eigenvalue weighted by Crippen LogP contribution is 2.69.